The highest BCUT2D eigenvalue weighted by Gasteiger charge is 2.20. The van der Waals surface area contributed by atoms with Crippen molar-refractivity contribution in [1.82, 2.24) is 10.0 Å². The Morgan fingerprint density at radius 3 is 2.69 bits per heavy atom. The zero-order chi connectivity index (χ0) is 21.0. The standard InChI is InChI=1S/C22H23ClN3O3/c1-22(2,3)29-21(27)25-13-19(24-12-15-7-5-4-6-8-15)18-14-26(28)20-10-9-16(23)11-17(18)20/h4-12,14,19H,13H2,1-3H3,(H,25,27)/q-1. The van der Waals surface area contributed by atoms with Gasteiger partial charge in [0, 0.05) is 40.4 Å². The van der Waals surface area contributed by atoms with Crippen molar-refractivity contribution in [3.63, 3.8) is 0 Å². The van der Waals surface area contributed by atoms with Crippen molar-refractivity contribution in [3.05, 3.63) is 76.1 Å². The number of hydrogen-bond donors (Lipinski definition) is 1. The number of fused-ring (bicyclic) bond motifs is 1. The van der Waals surface area contributed by atoms with Crippen molar-refractivity contribution in [2.24, 2.45) is 4.99 Å². The molecule has 152 valence electrons. The monoisotopic (exact) mass is 412 g/mol. The fourth-order valence-corrected chi connectivity index (χ4v) is 3.09. The third-order valence-corrected chi connectivity index (χ3v) is 4.40. The predicted octanol–water partition coefficient (Wildman–Crippen LogP) is 5.33. The molecule has 0 spiro atoms. The number of aliphatic imine (C=N–C) groups is 1. The van der Waals surface area contributed by atoms with E-state index in [4.69, 9.17) is 16.3 Å². The van der Waals surface area contributed by atoms with E-state index in [0.717, 1.165) is 10.3 Å². The van der Waals surface area contributed by atoms with Crippen molar-refractivity contribution in [3.8, 4) is 0 Å². The molecule has 6 nitrogen and oxygen atoms in total. The van der Waals surface area contributed by atoms with E-state index in [1.807, 2.05) is 30.3 Å². The highest BCUT2D eigenvalue weighted by molar-refractivity contribution is 6.31. The summed E-state index contributed by atoms with van der Waals surface area (Å²) in [5, 5.41) is 16.3. The quantitative estimate of drug-likeness (QED) is 0.575. The molecule has 0 saturated carbocycles. The summed E-state index contributed by atoms with van der Waals surface area (Å²) >= 11 is 6.14. The third kappa shape index (κ3) is 5.51. The van der Waals surface area contributed by atoms with E-state index in [1.54, 1.807) is 45.2 Å². The number of ether oxygens (including phenoxy) is 1. The number of aromatic nitrogens is 1. The average Bonchev–Trinajstić information content (AvgIpc) is 2.97. The second kappa shape index (κ2) is 8.57. The fourth-order valence-electron chi connectivity index (χ4n) is 2.91. The fraction of sp³-hybridized carbons (Fsp3) is 0.273. The van der Waals surface area contributed by atoms with E-state index in [-0.39, 0.29) is 6.54 Å². The number of amides is 1. The number of nitrogens with one attached hydrogen (secondary N) is 1. The zero-order valence-corrected chi connectivity index (χ0v) is 17.3. The molecule has 1 atom stereocenters. The Morgan fingerprint density at radius 1 is 1.28 bits per heavy atom. The lowest BCUT2D eigenvalue weighted by atomic mass is 10.1. The average molecular weight is 413 g/mol. The molecule has 1 aromatic heterocycles. The Morgan fingerprint density at radius 2 is 2.00 bits per heavy atom. The summed E-state index contributed by atoms with van der Waals surface area (Å²) in [5.41, 5.74) is 1.49. The first kappa shape index (κ1) is 20.7. The summed E-state index contributed by atoms with van der Waals surface area (Å²) in [4.78, 5) is 16.8. The van der Waals surface area contributed by atoms with Crippen LogP contribution in [-0.2, 0) is 4.74 Å². The maximum absolute atomic E-state index is 12.3. The Hall–Kier alpha value is -2.99. The Kier molecular flexibility index (Phi) is 6.13. The van der Waals surface area contributed by atoms with E-state index in [0.29, 0.717) is 21.5 Å². The van der Waals surface area contributed by atoms with Crippen molar-refractivity contribution in [2.75, 3.05) is 6.54 Å². The van der Waals surface area contributed by atoms with Crippen LogP contribution in [0.25, 0.3) is 10.9 Å². The van der Waals surface area contributed by atoms with Gasteiger partial charge in [0.2, 0.25) is 0 Å². The second-order valence-corrected chi connectivity index (χ2v) is 8.10. The lowest BCUT2D eigenvalue weighted by molar-refractivity contribution is 0.0525. The van der Waals surface area contributed by atoms with Crippen LogP contribution in [0, 0.1) is 5.21 Å². The molecule has 2 aromatic carbocycles. The van der Waals surface area contributed by atoms with Gasteiger partial charge in [0.05, 0.1) is 6.04 Å². The number of hydrogen-bond acceptors (Lipinski definition) is 4. The van der Waals surface area contributed by atoms with E-state index >= 15 is 0 Å². The first-order valence-corrected chi connectivity index (χ1v) is 9.64. The van der Waals surface area contributed by atoms with E-state index in [1.165, 1.54) is 6.20 Å². The summed E-state index contributed by atoms with van der Waals surface area (Å²) < 4.78 is 6.10. The number of halogens is 1. The molecule has 1 heterocycles. The topological polar surface area (TPSA) is 78.7 Å². The zero-order valence-electron chi connectivity index (χ0n) is 16.6. The van der Waals surface area contributed by atoms with Gasteiger partial charge in [-0.05, 0) is 44.5 Å². The second-order valence-electron chi connectivity index (χ2n) is 7.66. The van der Waals surface area contributed by atoms with Gasteiger partial charge in [-0.25, -0.2) is 4.79 Å². The molecule has 0 aliphatic rings. The minimum absolute atomic E-state index is 0.171. The molecule has 0 saturated heterocycles. The van der Waals surface area contributed by atoms with Crippen LogP contribution in [0.15, 0.2) is 59.7 Å². The predicted molar refractivity (Wildman–Crippen MR) is 117 cm³/mol. The molecule has 0 aliphatic heterocycles. The molecule has 1 unspecified atom stereocenters. The summed E-state index contributed by atoms with van der Waals surface area (Å²) in [5.74, 6) is 0. The van der Waals surface area contributed by atoms with Crippen LogP contribution < -0.4 is 5.32 Å². The van der Waals surface area contributed by atoms with Crippen LogP contribution in [0.1, 0.15) is 37.9 Å². The highest BCUT2D eigenvalue weighted by Crippen LogP contribution is 2.30. The third-order valence-electron chi connectivity index (χ3n) is 4.16. The Labute approximate surface area is 174 Å². The van der Waals surface area contributed by atoms with Crippen LogP contribution in [0.5, 0.6) is 0 Å². The summed E-state index contributed by atoms with van der Waals surface area (Å²) in [6, 6.07) is 14.2. The largest absolute Gasteiger partial charge is 0.806 e. The number of nitrogens with zero attached hydrogens (tertiary/aromatic N) is 2. The van der Waals surface area contributed by atoms with Crippen LogP contribution in [0.4, 0.5) is 4.79 Å². The van der Waals surface area contributed by atoms with Gasteiger partial charge in [-0.3, -0.25) is 4.99 Å². The van der Waals surface area contributed by atoms with Crippen LogP contribution in [-0.4, -0.2) is 29.2 Å². The lowest BCUT2D eigenvalue weighted by Gasteiger charge is -2.21. The van der Waals surface area contributed by atoms with Gasteiger partial charge < -0.3 is 20.0 Å². The molecule has 29 heavy (non-hydrogen) atoms. The summed E-state index contributed by atoms with van der Waals surface area (Å²) in [6.07, 6.45) is 2.66. The highest BCUT2D eigenvalue weighted by atomic mass is 35.5. The van der Waals surface area contributed by atoms with Crippen molar-refractivity contribution < 1.29 is 9.53 Å². The van der Waals surface area contributed by atoms with Crippen molar-refractivity contribution in [1.29, 1.82) is 0 Å². The van der Waals surface area contributed by atoms with E-state index in [9.17, 15) is 10.0 Å². The lowest BCUT2D eigenvalue weighted by Crippen LogP contribution is -2.34. The number of carbonyl (C=O) groups is 1. The molecule has 7 heteroatoms. The molecule has 0 aliphatic carbocycles. The number of carbonyl (C=O) groups excluding carboxylic acids is 1. The van der Waals surface area contributed by atoms with Crippen LogP contribution in [0.2, 0.25) is 5.02 Å². The first-order valence-electron chi connectivity index (χ1n) is 9.26. The minimum atomic E-state index is -0.606. The maximum Gasteiger partial charge on any atom is 0.407 e. The summed E-state index contributed by atoms with van der Waals surface area (Å²) in [6.45, 7) is 5.56. The van der Waals surface area contributed by atoms with Gasteiger partial charge in [0.15, 0.2) is 0 Å². The van der Waals surface area contributed by atoms with Crippen LogP contribution >= 0.6 is 11.6 Å². The van der Waals surface area contributed by atoms with Gasteiger partial charge in [0.1, 0.15) is 5.60 Å². The van der Waals surface area contributed by atoms with E-state index in [2.05, 4.69) is 10.3 Å². The summed E-state index contributed by atoms with van der Waals surface area (Å²) in [7, 11) is 0. The van der Waals surface area contributed by atoms with Gasteiger partial charge >= 0.3 is 6.09 Å². The minimum Gasteiger partial charge on any atom is -0.806 e. The molecular weight excluding hydrogens is 390 g/mol. The molecule has 3 rings (SSSR count). The van der Waals surface area contributed by atoms with Gasteiger partial charge in [-0.1, -0.05) is 41.9 Å². The molecule has 0 fully saturated rings. The first-order chi connectivity index (χ1) is 13.7. The van der Waals surface area contributed by atoms with Gasteiger partial charge in [0.25, 0.3) is 0 Å². The number of alkyl carbamates (subject to hydrolysis) is 1. The molecule has 3 aromatic rings. The van der Waals surface area contributed by atoms with Gasteiger partial charge in [-0.2, -0.15) is 0 Å². The maximum atomic E-state index is 12.3. The number of rotatable bonds is 5. The molecule has 0 radical (unpaired) electrons. The Balaban J connectivity index is 1.91. The van der Waals surface area contributed by atoms with Gasteiger partial charge in [-0.15, -0.1) is 0 Å². The SMILES string of the molecule is CC(C)(C)OC(=O)NCC(N=Cc1ccccc1)c1cn([O-])c2ccc(Cl)cc12. The van der Waals surface area contributed by atoms with E-state index < -0.39 is 17.7 Å². The molecule has 1 amide bonds. The number of benzene rings is 2. The van der Waals surface area contributed by atoms with Crippen molar-refractivity contribution >= 4 is 34.8 Å². The van der Waals surface area contributed by atoms with Crippen LogP contribution in [0.3, 0.4) is 0 Å². The molecule has 0 bridgehead atoms. The smallest absolute Gasteiger partial charge is 0.407 e. The molecule has 1 N–H and O–H groups in total. The molecular formula is C22H23ClN3O3-. The van der Waals surface area contributed by atoms with Crippen molar-refractivity contribution in [2.45, 2.75) is 32.4 Å². The Bertz CT molecular complexity index is 1020. The normalized spacial score (nSPS) is 13.0.